The highest BCUT2D eigenvalue weighted by Crippen LogP contribution is 2.20. The Kier molecular flexibility index (Phi) is 3.53. The van der Waals surface area contributed by atoms with Crippen molar-refractivity contribution in [2.75, 3.05) is 18.2 Å². The average molecular weight is 266 g/mol. The van der Waals surface area contributed by atoms with Gasteiger partial charge in [-0.15, -0.1) is 11.6 Å². The van der Waals surface area contributed by atoms with E-state index in [1.54, 1.807) is 31.3 Å². The van der Waals surface area contributed by atoms with Crippen molar-refractivity contribution in [2.24, 2.45) is 0 Å². The molecule has 0 aliphatic rings. The summed E-state index contributed by atoms with van der Waals surface area (Å²) >= 11 is 5.41. The third kappa shape index (κ3) is 2.46. The Morgan fingerprint density at radius 3 is 2.78 bits per heavy atom. The number of aromatic amines is 1. The minimum Gasteiger partial charge on any atom is -0.354 e. The van der Waals surface area contributed by atoms with Crippen LogP contribution in [0.15, 0.2) is 24.3 Å². The predicted molar refractivity (Wildman–Crippen MR) is 71.0 cm³/mol. The zero-order chi connectivity index (χ0) is 13.1. The molecule has 1 aromatic carbocycles. The molecule has 0 atom stereocenters. The van der Waals surface area contributed by atoms with E-state index in [0.717, 1.165) is 10.9 Å². The van der Waals surface area contributed by atoms with Crippen molar-refractivity contribution in [3.63, 3.8) is 0 Å². The van der Waals surface area contributed by atoms with Crippen molar-refractivity contribution in [2.45, 2.75) is 0 Å². The molecule has 0 radical (unpaired) electrons. The van der Waals surface area contributed by atoms with Crippen LogP contribution in [-0.4, -0.2) is 29.7 Å². The second-order valence-corrected chi connectivity index (χ2v) is 4.01. The molecule has 0 spiro atoms. The summed E-state index contributed by atoms with van der Waals surface area (Å²) in [6, 6.07) is 7.05. The second-order valence-electron chi connectivity index (χ2n) is 3.75. The van der Waals surface area contributed by atoms with Gasteiger partial charge >= 0.3 is 0 Å². The highest BCUT2D eigenvalue weighted by molar-refractivity contribution is 6.29. The molecule has 0 bridgehead atoms. The van der Waals surface area contributed by atoms with E-state index in [1.165, 1.54) is 0 Å². The molecule has 2 amide bonds. The van der Waals surface area contributed by atoms with E-state index in [2.05, 4.69) is 15.6 Å². The number of aromatic nitrogens is 1. The lowest BCUT2D eigenvalue weighted by Crippen LogP contribution is -2.17. The molecule has 6 heteroatoms. The third-order valence-electron chi connectivity index (χ3n) is 2.50. The topological polar surface area (TPSA) is 74.0 Å². The molecular weight excluding hydrogens is 254 g/mol. The minimum atomic E-state index is -0.266. The molecule has 94 valence electrons. The first-order valence-corrected chi connectivity index (χ1v) is 5.88. The maximum Gasteiger partial charge on any atom is 0.267 e. The largest absolute Gasteiger partial charge is 0.354 e. The van der Waals surface area contributed by atoms with Gasteiger partial charge in [-0.05, 0) is 24.3 Å². The molecule has 5 nitrogen and oxygen atoms in total. The number of carbonyl (C=O) groups is 2. The van der Waals surface area contributed by atoms with Gasteiger partial charge in [0, 0.05) is 23.6 Å². The number of carbonyl (C=O) groups excluding carboxylic acids is 2. The highest BCUT2D eigenvalue weighted by atomic mass is 35.5. The van der Waals surface area contributed by atoms with Crippen LogP contribution < -0.4 is 10.6 Å². The van der Waals surface area contributed by atoms with Crippen LogP contribution in [0.1, 0.15) is 10.5 Å². The number of anilines is 1. The Labute approximate surface area is 109 Å². The molecule has 0 unspecified atom stereocenters. The molecule has 0 saturated carbocycles. The fourth-order valence-corrected chi connectivity index (χ4v) is 1.73. The number of amides is 2. The Morgan fingerprint density at radius 1 is 1.33 bits per heavy atom. The fraction of sp³-hybridized carbons (Fsp3) is 0.167. The Bertz CT molecular complexity index is 606. The number of hydrogen-bond acceptors (Lipinski definition) is 2. The molecule has 0 fully saturated rings. The van der Waals surface area contributed by atoms with Crippen molar-refractivity contribution >= 4 is 40.0 Å². The second kappa shape index (κ2) is 5.10. The maximum absolute atomic E-state index is 11.5. The average Bonchev–Trinajstić information content (AvgIpc) is 2.80. The minimum absolute atomic E-state index is 0.0886. The summed E-state index contributed by atoms with van der Waals surface area (Å²) in [6.45, 7) is 0. The van der Waals surface area contributed by atoms with Crippen LogP contribution in [0.25, 0.3) is 10.9 Å². The number of rotatable bonds is 3. The molecular formula is C12H12ClN3O2. The van der Waals surface area contributed by atoms with Gasteiger partial charge in [-0.2, -0.15) is 0 Å². The van der Waals surface area contributed by atoms with E-state index < -0.39 is 0 Å². The monoisotopic (exact) mass is 265 g/mol. The van der Waals surface area contributed by atoms with Crippen molar-refractivity contribution in [1.29, 1.82) is 0 Å². The molecule has 3 N–H and O–H groups in total. The standard InChI is InChI=1S/C12H12ClN3O2/c1-14-12(18)10-5-7-4-8(15-11(17)6-13)2-3-9(7)16-10/h2-5,16H,6H2,1H3,(H,14,18)(H,15,17). The quantitative estimate of drug-likeness (QED) is 0.739. The van der Waals surface area contributed by atoms with Gasteiger partial charge in [-0.25, -0.2) is 0 Å². The SMILES string of the molecule is CNC(=O)c1cc2cc(NC(=O)CCl)ccc2[nH]1. The summed E-state index contributed by atoms with van der Waals surface area (Å²) in [4.78, 5) is 25.6. The molecule has 2 aromatic rings. The van der Waals surface area contributed by atoms with Gasteiger partial charge < -0.3 is 15.6 Å². The first-order valence-electron chi connectivity index (χ1n) is 5.34. The number of nitrogens with one attached hydrogen (secondary N) is 3. The van der Waals surface area contributed by atoms with E-state index in [-0.39, 0.29) is 17.7 Å². The summed E-state index contributed by atoms with van der Waals surface area (Å²) in [5, 5.41) is 6.04. The van der Waals surface area contributed by atoms with Crippen molar-refractivity contribution < 1.29 is 9.59 Å². The summed E-state index contributed by atoms with van der Waals surface area (Å²) < 4.78 is 0. The van der Waals surface area contributed by atoms with Crippen molar-refractivity contribution in [1.82, 2.24) is 10.3 Å². The summed E-state index contributed by atoms with van der Waals surface area (Å²) in [5.74, 6) is -0.537. The zero-order valence-electron chi connectivity index (χ0n) is 9.71. The van der Waals surface area contributed by atoms with Gasteiger partial charge in [-0.3, -0.25) is 9.59 Å². The summed E-state index contributed by atoms with van der Waals surface area (Å²) in [6.07, 6.45) is 0. The van der Waals surface area contributed by atoms with Gasteiger partial charge in [0.1, 0.15) is 11.6 Å². The molecule has 0 aliphatic carbocycles. The molecule has 0 aliphatic heterocycles. The van der Waals surface area contributed by atoms with Crippen LogP contribution in [0, 0.1) is 0 Å². The predicted octanol–water partition coefficient (Wildman–Crippen LogP) is 1.70. The van der Waals surface area contributed by atoms with E-state index >= 15 is 0 Å². The van der Waals surface area contributed by atoms with Gasteiger partial charge in [0.25, 0.3) is 5.91 Å². The lowest BCUT2D eigenvalue weighted by molar-refractivity contribution is -0.113. The lowest BCUT2D eigenvalue weighted by Gasteiger charge is -2.02. The van der Waals surface area contributed by atoms with Crippen LogP contribution in [0.3, 0.4) is 0 Å². The smallest absolute Gasteiger partial charge is 0.267 e. The highest BCUT2D eigenvalue weighted by Gasteiger charge is 2.08. The summed E-state index contributed by atoms with van der Waals surface area (Å²) in [7, 11) is 1.57. The molecule has 0 saturated heterocycles. The van der Waals surface area contributed by atoms with Crippen LogP contribution in [0.2, 0.25) is 0 Å². The number of H-pyrrole nitrogens is 1. The molecule has 18 heavy (non-hydrogen) atoms. The lowest BCUT2D eigenvalue weighted by atomic mass is 10.2. The van der Waals surface area contributed by atoms with Crippen LogP contribution in [0.5, 0.6) is 0 Å². The normalized spacial score (nSPS) is 10.3. The number of hydrogen-bond donors (Lipinski definition) is 3. The fourth-order valence-electron chi connectivity index (χ4n) is 1.66. The summed E-state index contributed by atoms with van der Waals surface area (Å²) in [5.41, 5.74) is 1.96. The Hall–Kier alpha value is -2.01. The third-order valence-corrected chi connectivity index (χ3v) is 2.74. The number of halogens is 1. The van der Waals surface area contributed by atoms with Crippen LogP contribution in [-0.2, 0) is 4.79 Å². The van der Waals surface area contributed by atoms with Gasteiger partial charge in [0.2, 0.25) is 5.91 Å². The number of fused-ring (bicyclic) bond motifs is 1. The molecule has 1 heterocycles. The van der Waals surface area contributed by atoms with E-state index in [4.69, 9.17) is 11.6 Å². The van der Waals surface area contributed by atoms with E-state index in [1.807, 2.05) is 0 Å². The van der Waals surface area contributed by atoms with Crippen molar-refractivity contribution in [3.8, 4) is 0 Å². The Morgan fingerprint density at radius 2 is 2.11 bits per heavy atom. The number of benzene rings is 1. The van der Waals surface area contributed by atoms with Gasteiger partial charge in [0.05, 0.1) is 0 Å². The van der Waals surface area contributed by atoms with E-state index in [9.17, 15) is 9.59 Å². The van der Waals surface area contributed by atoms with Crippen LogP contribution >= 0.6 is 11.6 Å². The zero-order valence-corrected chi connectivity index (χ0v) is 10.5. The first-order chi connectivity index (χ1) is 8.63. The molecule has 2 rings (SSSR count). The van der Waals surface area contributed by atoms with E-state index in [0.29, 0.717) is 11.4 Å². The van der Waals surface area contributed by atoms with Gasteiger partial charge in [0.15, 0.2) is 0 Å². The number of alkyl halides is 1. The maximum atomic E-state index is 11.5. The van der Waals surface area contributed by atoms with Gasteiger partial charge in [-0.1, -0.05) is 0 Å². The molecule has 1 aromatic heterocycles. The Balaban J connectivity index is 2.33. The first kappa shape index (κ1) is 12.4. The van der Waals surface area contributed by atoms with Crippen LogP contribution in [0.4, 0.5) is 5.69 Å². The van der Waals surface area contributed by atoms with Crippen molar-refractivity contribution in [3.05, 3.63) is 30.0 Å².